The van der Waals surface area contributed by atoms with Crippen molar-refractivity contribution in [2.45, 2.75) is 25.8 Å². The predicted molar refractivity (Wildman–Crippen MR) is 68.0 cm³/mol. The molecule has 0 radical (unpaired) electrons. The molecule has 4 heteroatoms. The largest absolute Gasteiger partial charge is 0.384 e. The molecule has 2 rings (SSSR count). The van der Waals surface area contributed by atoms with Gasteiger partial charge < -0.3 is 10.0 Å². The second-order valence-electron chi connectivity index (χ2n) is 4.11. The zero-order chi connectivity index (χ0) is 12.3. The highest BCUT2D eigenvalue weighted by molar-refractivity contribution is 7.12. The van der Waals surface area contributed by atoms with E-state index in [0.29, 0.717) is 10.9 Å². The van der Waals surface area contributed by atoms with Crippen molar-refractivity contribution < 1.29 is 9.90 Å². The molecule has 1 unspecified atom stereocenters. The molecule has 90 valence electrons. The molecule has 2 heterocycles. The van der Waals surface area contributed by atoms with Crippen LogP contribution in [-0.2, 0) is 0 Å². The van der Waals surface area contributed by atoms with Crippen LogP contribution in [0.25, 0.3) is 0 Å². The Hall–Kier alpha value is -1.31. The van der Waals surface area contributed by atoms with Gasteiger partial charge in [0.25, 0.3) is 5.91 Å². The summed E-state index contributed by atoms with van der Waals surface area (Å²) < 4.78 is 0. The van der Waals surface area contributed by atoms with E-state index in [4.69, 9.17) is 5.11 Å². The van der Waals surface area contributed by atoms with Gasteiger partial charge in [0.05, 0.1) is 0 Å². The smallest absolute Gasteiger partial charge is 0.265 e. The van der Waals surface area contributed by atoms with E-state index in [0.717, 1.165) is 24.9 Å². The first kappa shape index (κ1) is 12.2. The van der Waals surface area contributed by atoms with E-state index < -0.39 is 0 Å². The van der Waals surface area contributed by atoms with Crippen LogP contribution in [0.4, 0.5) is 0 Å². The molecule has 17 heavy (non-hydrogen) atoms. The van der Waals surface area contributed by atoms with Crippen LogP contribution in [0, 0.1) is 11.8 Å². The summed E-state index contributed by atoms with van der Waals surface area (Å²) in [6.07, 6.45) is 2.16. The van der Waals surface area contributed by atoms with Gasteiger partial charge in [-0.1, -0.05) is 11.8 Å². The topological polar surface area (TPSA) is 40.5 Å². The van der Waals surface area contributed by atoms with Crippen LogP contribution >= 0.6 is 11.3 Å². The number of thiophene rings is 1. The maximum atomic E-state index is 12.3. The Morgan fingerprint density at radius 3 is 3.18 bits per heavy atom. The summed E-state index contributed by atoms with van der Waals surface area (Å²) in [4.78, 5) is 14.9. The van der Waals surface area contributed by atoms with Crippen LogP contribution in [0.5, 0.6) is 0 Å². The molecule has 1 aliphatic rings. The van der Waals surface area contributed by atoms with Crippen LogP contribution in [0.2, 0.25) is 0 Å². The Morgan fingerprint density at radius 1 is 1.71 bits per heavy atom. The van der Waals surface area contributed by atoms with Gasteiger partial charge in [0.2, 0.25) is 0 Å². The van der Waals surface area contributed by atoms with Gasteiger partial charge in [-0.25, -0.2) is 0 Å². The van der Waals surface area contributed by atoms with Crippen LogP contribution in [0.1, 0.15) is 35.0 Å². The molecule has 1 amide bonds. The standard InChI is InChI=1S/C13H15NO2S/c1-10-4-2-7-14(10)13(16)12-11(5-3-8-15)6-9-17-12/h6,9-10,15H,2,4,7-8H2,1H3. The molecule has 1 atom stereocenters. The van der Waals surface area contributed by atoms with Crippen LogP contribution in [0.3, 0.4) is 0 Å². The summed E-state index contributed by atoms with van der Waals surface area (Å²) in [5, 5.41) is 10.6. The Bertz CT molecular complexity index is 469. The minimum Gasteiger partial charge on any atom is -0.384 e. The van der Waals surface area contributed by atoms with Crippen molar-refractivity contribution in [1.82, 2.24) is 4.90 Å². The van der Waals surface area contributed by atoms with Gasteiger partial charge in [0.15, 0.2) is 0 Å². The SMILES string of the molecule is CC1CCCN1C(=O)c1sccc1C#CCO. The van der Waals surface area contributed by atoms with Crippen molar-refractivity contribution >= 4 is 17.2 Å². The number of nitrogens with zero attached hydrogens (tertiary/aromatic N) is 1. The first-order chi connectivity index (χ1) is 8.24. The average Bonchev–Trinajstić information content (AvgIpc) is 2.94. The van der Waals surface area contributed by atoms with Gasteiger partial charge in [-0.15, -0.1) is 11.3 Å². The molecule has 0 aliphatic carbocycles. The molecule has 0 aromatic carbocycles. The summed E-state index contributed by atoms with van der Waals surface area (Å²) in [6, 6.07) is 2.16. The number of amides is 1. The van der Waals surface area contributed by atoms with Gasteiger partial charge >= 0.3 is 0 Å². The summed E-state index contributed by atoms with van der Waals surface area (Å²) in [6.45, 7) is 2.74. The quantitative estimate of drug-likeness (QED) is 0.770. The maximum absolute atomic E-state index is 12.3. The van der Waals surface area contributed by atoms with Gasteiger partial charge in [0, 0.05) is 18.2 Å². The minimum atomic E-state index is -0.177. The van der Waals surface area contributed by atoms with Gasteiger partial charge in [-0.2, -0.15) is 0 Å². The van der Waals surface area contributed by atoms with Gasteiger partial charge in [-0.05, 0) is 31.2 Å². The monoisotopic (exact) mass is 249 g/mol. The van der Waals surface area contributed by atoms with Crippen molar-refractivity contribution in [2.75, 3.05) is 13.2 Å². The van der Waals surface area contributed by atoms with E-state index >= 15 is 0 Å². The van der Waals surface area contributed by atoms with E-state index in [2.05, 4.69) is 18.8 Å². The fourth-order valence-corrected chi connectivity index (χ4v) is 2.88. The van der Waals surface area contributed by atoms with E-state index in [1.807, 2.05) is 16.3 Å². The average molecular weight is 249 g/mol. The molecule has 0 bridgehead atoms. The van der Waals surface area contributed by atoms with Crippen LogP contribution < -0.4 is 0 Å². The molecule has 1 N–H and O–H groups in total. The predicted octanol–water partition coefficient (Wildman–Crippen LogP) is 1.72. The number of hydrogen-bond acceptors (Lipinski definition) is 3. The lowest BCUT2D eigenvalue weighted by Gasteiger charge is -2.20. The molecular weight excluding hydrogens is 234 g/mol. The number of carbonyl (C=O) groups is 1. The van der Waals surface area contributed by atoms with Crippen molar-refractivity contribution in [3.8, 4) is 11.8 Å². The van der Waals surface area contributed by atoms with Crippen molar-refractivity contribution in [3.63, 3.8) is 0 Å². The van der Waals surface area contributed by atoms with Gasteiger partial charge in [0.1, 0.15) is 11.5 Å². The molecule has 0 saturated carbocycles. The third-order valence-corrected chi connectivity index (χ3v) is 3.88. The lowest BCUT2D eigenvalue weighted by Crippen LogP contribution is -2.33. The Morgan fingerprint density at radius 2 is 2.53 bits per heavy atom. The maximum Gasteiger partial charge on any atom is 0.265 e. The van der Waals surface area contributed by atoms with E-state index in [1.54, 1.807) is 0 Å². The van der Waals surface area contributed by atoms with E-state index in [1.165, 1.54) is 11.3 Å². The summed E-state index contributed by atoms with van der Waals surface area (Å²) in [5.74, 6) is 5.49. The second-order valence-corrected chi connectivity index (χ2v) is 5.03. The van der Waals surface area contributed by atoms with E-state index in [9.17, 15) is 4.79 Å². The molecule has 1 fully saturated rings. The fourth-order valence-electron chi connectivity index (χ4n) is 2.07. The highest BCUT2D eigenvalue weighted by Gasteiger charge is 2.27. The third-order valence-electron chi connectivity index (χ3n) is 2.98. The number of likely N-dealkylation sites (tertiary alicyclic amines) is 1. The highest BCUT2D eigenvalue weighted by atomic mass is 32.1. The zero-order valence-electron chi connectivity index (χ0n) is 9.77. The number of carbonyl (C=O) groups excluding carboxylic acids is 1. The van der Waals surface area contributed by atoms with Crippen molar-refractivity contribution in [2.24, 2.45) is 0 Å². The molecule has 1 aliphatic heterocycles. The summed E-state index contributed by atoms with van der Waals surface area (Å²) in [7, 11) is 0. The molecule has 3 nitrogen and oxygen atoms in total. The first-order valence-electron chi connectivity index (χ1n) is 5.72. The summed E-state index contributed by atoms with van der Waals surface area (Å²) in [5.41, 5.74) is 0.730. The van der Waals surface area contributed by atoms with Gasteiger partial charge in [-0.3, -0.25) is 4.79 Å². The highest BCUT2D eigenvalue weighted by Crippen LogP contribution is 2.24. The Kier molecular flexibility index (Phi) is 3.82. The summed E-state index contributed by atoms with van der Waals surface area (Å²) >= 11 is 1.42. The zero-order valence-corrected chi connectivity index (χ0v) is 10.6. The Labute approximate surface area is 105 Å². The Balaban J connectivity index is 2.22. The number of hydrogen-bond donors (Lipinski definition) is 1. The van der Waals surface area contributed by atoms with Crippen molar-refractivity contribution in [1.29, 1.82) is 0 Å². The number of aliphatic hydroxyl groups excluding tert-OH is 1. The molecular formula is C13H15NO2S. The molecule has 1 aromatic rings. The van der Waals surface area contributed by atoms with Crippen molar-refractivity contribution in [3.05, 3.63) is 21.9 Å². The molecule has 1 aromatic heterocycles. The van der Waals surface area contributed by atoms with Crippen LogP contribution in [0.15, 0.2) is 11.4 Å². The number of rotatable bonds is 1. The van der Waals surface area contributed by atoms with E-state index in [-0.39, 0.29) is 12.5 Å². The normalized spacial score (nSPS) is 18.9. The lowest BCUT2D eigenvalue weighted by atomic mass is 10.2. The molecule has 0 spiro atoms. The first-order valence-corrected chi connectivity index (χ1v) is 6.60. The minimum absolute atomic E-state index is 0.0761. The second kappa shape index (κ2) is 5.35. The number of aliphatic hydroxyl groups is 1. The third kappa shape index (κ3) is 2.51. The lowest BCUT2D eigenvalue weighted by molar-refractivity contribution is 0.0752. The molecule has 1 saturated heterocycles. The van der Waals surface area contributed by atoms with Crippen LogP contribution in [-0.4, -0.2) is 35.1 Å². The fraction of sp³-hybridized carbons (Fsp3) is 0.462.